The molecule has 0 spiro atoms. The monoisotopic (exact) mass is 306 g/mol. The van der Waals surface area contributed by atoms with Crippen molar-refractivity contribution in [2.24, 2.45) is 0 Å². The van der Waals surface area contributed by atoms with Crippen LogP contribution in [0.3, 0.4) is 0 Å². The second kappa shape index (κ2) is 6.36. The minimum absolute atomic E-state index is 0.0904. The molecule has 1 aliphatic heterocycles. The summed E-state index contributed by atoms with van der Waals surface area (Å²) >= 11 is 1.54. The van der Waals surface area contributed by atoms with E-state index in [0.717, 1.165) is 22.9 Å². The number of nitro benzene ring substituents is 1. The SMILES string of the molecule is O=[N+]([O-])c1ccc2sc(NCCN3CCCCC3)nc2c1. The molecule has 0 saturated carbocycles. The van der Waals surface area contributed by atoms with Crippen molar-refractivity contribution in [1.29, 1.82) is 0 Å². The number of rotatable bonds is 5. The highest BCUT2D eigenvalue weighted by Crippen LogP contribution is 2.28. The third-order valence-corrected chi connectivity index (χ3v) is 4.73. The standard InChI is InChI=1S/C14H18N4O2S/c19-18(20)11-4-5-13-12(10-11)16-14(21-13)15-6-9-17-7-2-1-3-8-17/h4-5,10H,1-3,6-9H2,(H,15,16). The van der Waals surface area contributed by atoms with Crippen molar-refractivity contribution < 1.29 is 4.92 Å². The Bertz CT molecular complexity index is 637. The van der Waals surface area contributed by atoms with Crippen LogP contribution >= 0.6 is 11.3 Å². The van der Waals surface area contributed by atoms with Crippen molar-refractivity contribution in [3.8, 4) is 0 Å². The lowest BCUT2D eigenvalue weighted by atomic mass is 10.1. The molecule has 0 radical (unpaired) electrons. The third-order valence-electron chi connectivity index (χ3n) is 3.73. The van der Waals surface area contributed by atoms with Crippen molar-refractivity contribution in [3.05, 3.63) is 28.3 Å². The molecule has 1 N–H and O–H groups in total. The van der Waals surface area contributed by atoms with Gasteiger partial charge in [0.15, 0.2) is 5.13 Å². The summed E-state index contributed by atoms with van der Waals surface area (Å²) in [6.45, 7) is 4.26. The van der Waals surface area contributed by atoms with Gasteiger partial charge in [0.1, 0.15) is 0 Å². The van der Waals surface area contributed by atoms with E-state index in [2.05, 4.69) is 15.2 Å². The summed E-state index contributed by atoms with van der Waals surface area (Å²) in [4.78, 5) is 17.3. The maximum absolute atomic E-state index is 10.8. The molecule has 3 rings (SSSR count). The van der Waals surface area contributed by atoms with Crippen LogP contribution in [0.2, 0.25) is 0 Å². The third kappa shape index (κ3) is 3.48. The molecule has 7 heteroatoms. The molecule has 21 heavy (non-hydrogen) atoms. The number of hydrogen-bond acceptors (Lipinski definition) is 6. The van der Waals surface area contributed by atoms with E-state index in [0.29, 0.717) is 5.52 Å². The van der Waals surface area contributed by atoms with E-state index in [4.69, 9.17) is 0 Å². The van der Waals surface area contributed by atoms with Crippen LogP contribution in [0.25, 0.3) is 10.2 Å². The predicted octanol–water partition coefficient (Wildman–Crippen LogP) is 3.10. The number of hydrogen-bond donors (Lipinski definition) is 1. The Hall–Kier alpha value is -1.73. The van der Waals surface area contributed by atoms with Gasteiger partial charge in [-0.15, -0.1) is 0 Å². The van der Waals surface area contributed by atoms with Gasteiger partial charge < -0.3 is 10.2 Å². The lowest BCUT2D eigenvalue weighted by Gasteiger charge is -2.26. The van der Waals surface area contributed by atoms with Crippen LogP contribution in [0.4, 0.5) is 10.8 Å². The van der Waals surface area contributed by atoms with Crippen LogP contribution in [-0.2, 0) is 0 Å². The molecular formula is C14H18N4O2S. The first-order valence-electron chi connectivity index (χ1n) is 7.23. The number of anilines is 1. The molecule has 1 saturated heterocycles. The van der Waals surface area contributed by atoms with Gasteiger partial charge in [-0.3, -0.25) is 10.1 Å². The topological polar surface area (TPSA) is 71.3 Å². The van der Waals surface area contributed by atoms with E-state index in [1.165, 1.54) is 44.5 Å². The molecule has 1 aliphatic rings. The first kappa shape index (κ1) is 14.2. The molecule has 0 atom stereocenters. The zero-order valence-corrected chi connectivity index (χ0v) is 12.6. The maximum atomic E-state index is 10.8. The van der Waals surface area contributed by atoms with Gasteiger partial charge in [-0.1, -0.05) is 17.8 Å². The Labute approximate surface area is 126 Å². The summed E-state index contributed by atoms with van der Waals surface area (Å²) in [6, 6.07) is 4.82. The van der Waals surface area contributed by atoms with Gasteiger partial charge >= 0.3 is 0 Å². The van der Waals surface area contributed by atoms with Gasteiger partial charge in [0.2, 0.25) is 0 Å². The van der Waals surface area contributed by atoms with Crippen molar-refractivity contribution in [3.63, 3.8) is 0 Å². The Balaban J connectivity index is 1.60. The smallest absolute Gasteiger partial charge is 0.271 e. The fourth-order valence-electron chi connectivity index (χ4n) is 2.61. The minimum Gasteiger partial charge on any atom is -0.360 e. The molecule has 6 nitrogen and oxygen atoms in total. The van der Waals surface area contributed by atoms with Crippen LogP contribution in [0.15, 0.2) is 18.2 Å². The molecular weight excluding hydrogens is 288 g/mol. The Morgan fingerprint density at radius 3 is 2.90 bits per heavy atom. The van der Waals surface area contributed by atoms with Crippen LogP contribution in [0.1, 0.15) is 19.3 Å². The fraction of sp³-hybridized carbons (Fsp3) is 0.500. The average Bonchev–Trinajstić information content (AvgIpc) is 2.90. The van der Waals surface area contributed by atoms with Gasteiger partial charge in [0, 0.05) is 25.2 Å². The molecule has 112 valence electrons. The lowest BCUT2D eigenvalue weighted by molar-refractivity contribution is -0.384. The molecule has 0 aliphatic carbocycles. The molecule has 0 amide bonds. The Morgan fingerprint density at radius 1 is 1.33 bits per heavy atom. The van der Waals surface area contributed by atoms with Gasteiger partial charge in [-0.2, -0.15) is 0 Å². The molecule has 0 bridgehead atoms. The Kier molecular flexibility index (Phi) is 4.31. The number of non-ortho nitro benzene ring substituents is 1. The average molecular weight is 306 g/mol. The number of piperidine rings is 1. The lowest BCUT2D eigenvalue weighted by Crippen LogP contribution is -2.33. The number of fused-ring (bicyclic) bond motifs is 1. The zero-order valence-electron chi connectivity index (χ0n) is 11.7. The summed E-state index contributed by atoms with van der Waals surface area (Å²) in [5.41, 5.74) is 0.780. The van der Waals surface area contributed by atoms with Gasteiger partial charge in [-0.05, 0) is 32.0 Å². The fourth-order valence-corrected chi connectivity index (χ4v) is 3.48. The van der Waals surface area contributed by atoms with E-state index in [-0.39, 0.29) is 10.6 Å². The predicted molar refractivity (Wildman–Crippen MR) is 85.1 cm³/mol. The van der Waals surface area contributed by atoms with E-state index < -0.39 is 0 Å². The molecule has 0 unspecified atom stereocenters. The second-order valence-corrected chi connectivity index (χ2v) is 6.29. The number of likely N-dealkylation sites (tertiary alicyclic amines) is 1. The van der Waals surface area contributed by atoms with Crippen molar-refractivity contribution in [2.75, 3.05) is 31.5 Å². The highest BCUT2D eigenvalue weighted by molar-refractivity contribution is 7.22. The largest absolute Gasteiger partial charge is 0.360 e. The van der Waals surface area contributed by atoms with E-state index >= 15 is 0 Å². The van der Waals surface area contributed by atoms with E-state index in [1.807, 2.05) is 0 Å². The maximum Gasteiger partial charge on any atom is 0.271 e. The minimum atomic E-state index is -0.387. The number of nitrogens with zero attached hydrogens (tertiary/aromatic N) is 3. The normalized spacial score (nSPS) is 16.2. The number of aromatic nitrogens is 1. The summed E-state index contributed by atoms with van der Waals surface area (Å²) in [5.74, 6) is 0. The number of benzene rings is 1. The van der Waals surface area contributed by atoms with Gasteiger partial charge in [0.25, 0.3) is 5.69 Å². The van der Waals surface area contributed by atoms with Gasteiger partial charge in [0.05, 0.1) is 15.1 Å². The molecule has 1 fully saturated rings. The summed E-state index contributed by atoms with van der Waals surface area (Å²) in [7, 11) is 0. The van der Waals surface area contributed by atoms with E-state index in [9.17, 15) is 10.1 Å². The zero-order chi connectivity index (χ0) is 14.7. The van der Waals surface area contributed by atoms with Crippen LogP contribution in [-0.4, -0.2) is 41.0 Å². The number of thiazole rings is 1. The van der Waals surface area contributed by atoms with Crippen LogP contribution in [0.5, 0.6) is 0 Å². The number of nitro groups is 1. The Morgan fingerprint density at radius 2 is 2.14 bits per heavy atom. The van der Waals surface area contributed by atoms with Crippen LogP contribution < -0.4 is 5.32 Å². The van der Waals surface area contributed by atoms with Crippen LogP contribution in [0, 0.1) is 10.1 Å². The highest BCUT2D eigenvalue weighted by atomic mass is 32.1. The second-order valence-electron chi connectivity index (χ2n) is 5.26. The van der Waals surface area contributed by atoms with Crippen molar-refractivity contribution >= 4 is 32.4 Å². The van der Waals surface area contributed by atoms with Gasteiger partial charge in [-0.25, -0.2) is 4.98 Å². The van der Waals surface area contributed by atoms with Crippen molar-refractivity contribution in [1.82, 2.24) is 9.88 Å². The summed E-state index contributed by atoms with van der Waals surface area (Å²) in [5, 5.41) is 14.9. The van der Waals surface area contributed by atoms with E-state index in [1.54, 1.807) is 17.4 Å². The first-order chi connectivity index (χ1) is 10.2. The summed E-state index contributed by atoms with van der Waals surface area (Å²) in [6.07, 6.45) is 3.94. The highest BCUT2D eigenvalue weighted by Gasteiger charge is 2.11. The molecule has 2 heterocycles. The molecule has 1 aromatic carbocycles. The summed E-state index contributed by atoms with van der Waals surface area (Å²) < 4.78 is 0.973. The molecule has 1 aromatic heterocycles. The van der Waals surface area contributed by atoms with Crippen molar-refractivity contribution in [2.45, 2.75) is 19.3 Å². The quantitative estimate of drug-likeness (QED) is 0.679. The number of nitrogens with one attached hydrogen (secondary N) is 1. The first-order valence-corrected chi connectivity index (χ1v) is 8.05. The molecule has 2 aromatic rings.